The molecule has 7 nitrogen and oxygen atoms in total. The topological polar surface area (TPSA) is 88.8 Å². The van der Waals surface area contributed by atoms with Gasteiger partial charge < -0.3 is 15.2 Å². The average Bonchev–Trinajstić information content (AvgIpc) is 2.62. The van der Waals surface area contributed by atoms with Crippen molar-refractivity contribution in [3.63, 3.8) is 0 Å². The fourth-order valence-corrected chi connectivity index (χ4v) is 1.34. The van der Waals surface area contributed by atoms with E-state index in [0.29, 0.717) is 17.6 Å². The number of hydrogen-bond donors (Lipinski definition) is 2. The molecule has 2 heterocycles. The molecule has 2 aromatic heterocycles. The van der Waals surface area contributed by atoms with E-state index in [4.69, 9.17) is 4.52 Å². The van der Waals surface area contributed by atoms with Crippen LogP contribution in [0.4, 0.5) is 17.6 Å². The van der Waals surface area contributed by atoms with Gasteiger partial charge >= 0.3 is 0 Å². The molecule has 0 aliphatic rings. The first-order valence-corrected chi connectivity index (χ1v) is 5.61. The molecule has 0 bridgehead atoms. The van der Waals surface area contributed by atoms with Crippen LogP contribution in [0.15, 0.2) is 16.8 Å². The van der Waals surface area contributed by atoms with Gasteiger partial charge in [-0.05, 0) is 27.7 Å². The van der Waals surface area contributed by atoms with Crippen LogP contribution in [-0.4, -0.2) is 25.9 Å². The monoisotopic (exact) mass is 248 g/mol. The lowest BCUT2D eigenvalue weighted by atomic mass is 10.1. The van der Waals surface area contributed by atoms with E-state index < -0.39 is 0 Å². The van der Waals surface area contributed by atoms with Crippen molar-refractivity contribution in [2.75, 3.05) is 10.6 Å². The van der Waals surface area contributed by atoms with Gasteiger partial charge in [-0.1, -0.05) is 5.16 Å². The third-order valence-corrected chi connectivity index (χ3v) is 1.93. The Hall–Kier alpha value is -2.18. The van der Waals surface area contributed by atoms with Crippen molar-refractivity contribution in [1.82, 2.24) is 20.3 Å². The summed E-state index contributed by atoms with van der Waals surface area (Å²) < 4.78 is 4.94. The van der Waals surface area contributed by atoms with Crippen LogP contribution in [0.5, 0.6) is 0 Å². The van der Waals surface area contributed by atoms with Crippen LogP contribution in [0.1, 0.15) is 26.5 Å². The summed E-state index contributed by atoms with van der Waals surface area (Å²) in [7, 11) is 0. The Morgan fingerprint density at radius 3 is 2.61 bits per heavy atom. The molecule has 0 fully saturated rings. The Balaban J connectivity index is 2.12. The third-order valence-electron chi connectivity index (χ3n) is 1.93. The Morgan fingerprint density at radius 1 is 1.22 bits per heavy atom. The number of nitrogens with one attached hydrogen (secondary N) is 2. The molecular formula is C11H16N6O. The predicted molar refractivity (Wildman–Crippen MR) is 67.7 cm³/mol. The van der Waals surface area contributed by atoms with Crippen LogP contribution in [0.2, 0.25) is 0 Å². The molecule has 0 saturated heterocycles. The molecule has 2 aromatic rings. The largest absolute Gasteiger partial charge is 0.364 e. The zero-order valence-corrected chi connectivity index (χ0v) is 10.9. The van der Waals surface area contributed by atoms with Gasteiger partial charge in [0, 0.05) is 11.6 Å². The van der Waals surface area contributed by atoms with Crippen molar-refractivity contribution in [2.24, 2.45) is 0 Å². The summed E-state index contributed by atoms with van der Waals surface area (Å²) in [5.41, 5.74) is -0.0855. The van der Waals surface area contributed by atoms with Crippen molar-refractivity contribution < 1.29 is 4.52 Å². The highest BCUT2D eigenvalue weighted by molar-refractivity contribution is 5.49. The summed E-state index contributed by atoms with van der Waals surface area (Å²) in [5.74, 6) is 2.30. The standard InChI is InChI=1S/C11H16N6O/c1-7-5-8(17-18-7)13-10-14-9(6-12-16-10)15-11(2,3)4/h5-6H,1-4H3,(H2,13,14,15,16,17). The zero-order valence-electron chi connectivity index (χ0n) is 10.9. The summed E-state index contributed by atoms with van der Waals surface area (Å²) >= 11 is 0. The van der Waals surface area contributed by atoms with Gasteiger partial charge in [0.05, 0.1) is 6.20 Å². The summed E-state index contributed by atoms with van der Waals surface area (Å²) in [6.45, 7) is 7.95. The van der Waals surface area contributed by atoms with Crippen LogP contribution < -0.4 is 10.6 Å². The maximum atomic E-state index is 4.94. The molecule has 18 heavy (non-hydrogen) atoms. The van der Waals surface area contributed by atoms with E-state index in [-0.39, 0.29) is 5.54 Å². The molecule has 0 aromatic carbocycles. The molecule has 0 amide bonds. The average molecular weight is 248 g/mol. The highest BCUT2D eigenvalue weighted by atomic mass is 16.5. The number of anilines is 3. The first kappa shape index (κ1) is 12.3. The molecule has 2 N–H and O–H groups in total. The molecule has 0 radical (unpaired) electrons. The second-order valence-corrected chi connectivity index (χ2v) is 4.99. The van der Waals surface area contributed by atoms with E-state index in [1.165, 1.54) is 0 Å². The fourth-order valence-electron chi connectivity index (χ4n) is 1.34. The lowest BCUT2D eigenvalue weighted by Crippen LogP contribution is -2.27. The van der Waals surface area contributed by atoms with Crippen molar-refractivity contribution in [2.45, 2.75) is 33.2 Å². The smallest absolute Gasteiger partial charge is 0.250 e. The second-order valence-electron chi connectivity index (χ2n) is 4.99. The predicted octanol–water partition coefficient (Wildman–Crippen LogP) is 2.12. The van der Waals surface area contributed by atoms with Crippen molar-refractivity contribution in [3.05, 3.63) is 18.0 Å². The maximum absolute atomic E-state index is 4.94. The normalized spacial score (nSPS) is 11.3. The molecule has 0 spiro atoms. The molecule has 0 aliphatic heterocycles. The van der Waals surface area contributed by atoms with Crippen molar-refractivity contribution >= 4 is 17.6 Å². The van der Waals surface area contributed by atoms with E-state index in [1.54, 1.807) is 12.3 Å². The van der Waals surface area contributed by atoms with Gasteiger partial charge in [0.25, 0.3) is 0 Å². The summed E-state index contributed by atoms with van der Waals surface area (Å²) in [5, 5.41) is 17.7. The van der Waals surface area contributed by atoms with Gasteiger partial charge in [0.2, 0.25) is 5.95 Å². The number of aryl methyl sites for hydroxylation is 1. The lowest BCUT2D eigenvalue weighted by molar-refractivity contribution is 0.400. The third kappa shape index (κ3) is 3.41. The second kappa shape index (κ2) is 4.59. The first-order valence-electron chi connectivity index (χ1n) is 5.61. The molecule has 7 heteroatoms. The molecule has 2 rings (SSSR count). The van der Waals surface area contributed by atoms with E-state index in [2.05, 4.69) is 31.0 Å². The van der Waals surface area contributed by atoms with Gasteiger partial charge in [0.15, 0.2) is 11.6 Å². The van der Waals surface area contributed by atoms with Gasteiger partial charge in [-0.25, -0.2) is 0 Å². The van der Waals surface area contributed by atoms with E-state index in [1.807, 2.05) is 27.7 Å². The number of nitrogens with zero attached hydrogens (tertiary/aromatic N) is 4. The first-order chi connectivity index (χ1) is 8.42. The minimum Gasteiger partial charge on any atom is -0.364 e. The van der Waals surface area contributed by atoms with Gasteiger partial charge in [-0.3, -0.25) is 0 Å². The van der Waals surface area contributed by atoms with E-state index >= 15 is 0 Å². The Labute approximate surface area is 105 Å². The minimum absolute atomic E-state index is 0.0855. The Bertz CT molecular complexity index is 530. The SMILES string of the molecule is Cc1cc(Nc2nncc(NC(C)(C)C)n2)no1. The minimum atomic E-state index is -0.0855. The van der Waals surface area contributed by atoms with E-state index in [0.717, 1.165) is 5.76 Å². The summed E-state index contributed by atoms with van der Waals surface area (Å²) in [4.78, 5) is 4.29. The maximum Gasteiger partial charge on any atom is 0.250 e. The summed E-state index contributed by atoms with van der Waals surface area (Å²) in [6.07, 6.45) is 1.57. The molecule has 0 aliphatic carbocycles. The molecule has 0 atom stereocenters. The summed E-state index contributed by atoms with van der Waals surface area (Å²) in [6, 6.07) is 1.76. The van der Waals surface area contributed by atoms with Crippen LogP contribution in [0, 0.1) is 6.92 Å². The van der Waals surface area contributed by atoms with Crippen LogP contribution in [-0.2, 0) is 0 Å². The van der Waals surface area contributed by atoms with Crippen molar-refractivity contribution in [3.8, 4) is 0 Å². The fraction of sp³-hybridized carbons (Fsp3) is 0.455. The van der Waals surface area contributed by atoms with Crippen LogP contribution in [0.3, 0.4) is 0 Å². The van der Waals surface area contributed by atoms with Gasteiger partial charge in [-0.15, -0.1) is 5.10 Å². The van der Waals surface area contributed by atoms with Gasteiger partial charge in [-0.2, -0.15) is 10.1 Å². The number of rotatable bonds is 3. The van der Waals surface area contributed by atoms with Gasteiger partial charge in [0.1, 0.15) is 5.76 Å². The highest BCUT2D eigenvalue weighted by Crippen LogP contribution is 2.15. The lowest BCUT2D eigenvalue weighted by Gasteiger charge is -2.20. The zero-order chi connectivity index (χ0) is 13.2. The Kier molecular flexibility index (Phi) is 3.14. The molecular weight excluding hydrogens is 232 g/mol. The van der Waals surface area contributed by atoms with Crippen LogP contribution in [0.25, 0.3) is 0 Å². The Morgan fingerprint density at radius 2 is 2.00 bits per heavy atom. The molecule has 0 unspecified atom stereocenters. The van der Waals surface area contributed by atoms with E-state index in [9.17, 15) is 0 Å². The number of aromatic nitrogens is 4. The molecule has 0 saturated carbocycles. The quantitative estimate of drug-likeness (QED) is 0.859. The molecule has 96 valence electrons. The van der Waals surface area contributed by atoms with Crippen LogP contribution >= 0.6 is 0 Å². The van der Waals surface area contributed by atoms with Crippen molar-refractivity contribution in [1.29, 1.82) is 0 Å². The highest BCUT2D eigenvalue weighted by Gasteiger charge is 2.11. The number of hydrogen-bond acceptors (Lipinski definition) is 7.